The highest BCUT2D eigenvalue weighted by molar-refractivity contribution is 5.76. The van der Waals surface area contributed by atoms with E-state index in [1.54, 1.807) is 0 Å². The molecule has 0 spiro atoms. The first-order valence-electron chi connectivity index (χ1n) is 9.13. The third kappa shape index (κ3) is 4.79. The fourth-order valence-corrected chi connectivity index (χ4v) is 3.60. The maximum atomic E-state index is 12.3. The summed E-state index contributed by atoms with van der Waals surface area (Å²) in [5.74, 6) is 0.0570. The molecule has 1 aliphatic heterocycles. The van der Waals surface area contributed by atoms with Crippen molar-refractivity contribution < 1.29 is 4.79 Å². The molecule has 2 N–H and O–H groups in total. The van der Waals surface area contributed by atoms with Crippen molar-refractivity contribution in [2.45, 2.75) is 45.7 Å². The minimum Gasteiger partial charge on any atom is -0.352 e. The molecular weight excluding hydrogens is 328 g/mol. The number of likely N-dealkylation sites (tertiary alicyclic amines) is 1. The Hall–Kier alpha value is -2.47. The summed E-state index contributed by atoms with van der Waals surface area (Å²) in [6.45, 7) is 6.48. The predicted octanol–water partition coefficient (Wildman–Crippen LogP) is 1.71. The summed E-state index contributed by atoms with van der Waals surface area (Å²) in [7, 11) is 0. The number of amides is 1. The van der Waals surface area contributed by atoms with Crippen molar-refractivity contribution in [2.24, 2.45) is 0 Å². The molecule has 138 valence electrons. The molecule has 0 radical (unpaired) electrons. The van der Waals surface area contributed by atoms with Gasteiger partial charge in [-0.1, -0.05) is 30.3 Å². The smallest absolute Gasteiger partial charge is 0.345 e. The fraction of sp³-hybridized carbons (Fsp3) is 0.450. The zero-order valence-corrected chi connectivity index (χ0v) is 15.4. The van der Waals surface area contributed by atoms with Gasteiger partial charge in [0, 0.05) is 43.5 Å². The summed E-state index contributed by atoms with van der Waals surface area (Å²) in [6, 6.07) is 10.6. The Bertz CT molecular complexity index is 790. The number of nitrogens with one attached hydrogen (secondary N) is 2. The van der Waals surface area contributed by atoms with Crippen molar-refractivity contribution in [1.29, 1.82) is 0 Å². The lowest BCUT2D eigenvalue weighted by Gasteiger charge is -2.17. The van der Waals surface area contributed by atoms with Crippen molar-refractivity contribution in [3.05, 3.63) is 63.3 Å². The first kappa shape index (κ1) is 18.3. The standard InChI is InChI=1S/C20H26N4O2/c1-14-18(15(2)22-20(26)21-14)8-9-19(25)23-17-10-11-24(13-17)12-16-6-4-3-5-7-16/h3-7,17H,8-13H2,1-2H3,(H,23,25)(H,21,22,26). The summed E-state index contributed by atoms with van der Waals surface area (Å²) in [6.07, 6.45) is 1.98. The van der Waals surface area contributed by atoms with Crippen LogP contribution in [-0.2, 0) is 17.8 Å². The Morgan fingerprint density at radius 2 is 2.08 bits per heavy atom. The fourth-order valence-electron chi connectivity index (χ4n) is 3.60. The van der Waals surface area contributed by atoms with Gasteiger partial charge >= 0.3 is 5.69 Å². The monoisotopic (exact) mass is 354 g/mol. The second-order valence-corrected chi connectivity index (χ2v) is 7.00. The van der Waals surface area contributed by atoms with Gasteiger partial charge in [-0.15, -0.1) is 0 Å². The number of hydrogen-bond acceptors (Lipinski definition) is 4. The number of hydrogen-bond donors (Lipinski definition) is 2. The summed E-state index contributed by atoms with van der Waals surface area (Å²) in [5, 5.41) is 3.14. The van der Waals surface area contributed by atoms with Gasteiger partial charge in [0.1, 0.15) is 0 Å². The Kier molecular flexibility index (Phi) is 5.83. The lowest BCUT2D eigenvalue weighted by atomic mass is 10.1. The van der Waals surface area contributed by atoms with Crippen molar-refractivity contribution in [1.82, 2.24) is 20.2 Å². The summed E-state index contributed by atoms with van der Waals surface area (Å²) >= 11 is 0. The predicted molar refractivity (Wildman–Crippen MR) is 101 cm³/mol. The molecule has 26 heavy (non-hydrogen) atoms. The van der Waals surface area contributed by atoms with E-state index in [1.165, 1.54) is 5.56 Å². The van der Waals surface area contributed by atoms with Crippen LogP contribution in [0.3, 0.4) is 0 Å². The van der Waals surface area contributed by atoms with Crippen LogP contribution in [0.4, 0.5) is 0 Å². The van der Waals surface area contributed by atoms with Gasteiger partial charge in [0.25, 0.3) is 0 Å². The number of H-pyrrole nitrogens is 1. The average molecular weight is 354 g/mol. The van der Waals surface area contributed by atoms with E-state index in [-0.39, 0.29) is 17.6 Å². The molecule has 2 heterocycles. The number of carbonyl (C=O) groups excluding carboxylic acids is 1. The minimum absolute atomic E-state index is 0.0570. The van der Waals surface area contributed by atoms with Crippen LogP contribution in [0.5, 0.6) is 0 Å². The SMILES string of the molecule is Cc1nc(=O)[nH]c(C)c1CCC(=O)NC1CCN(Cc2ccccc2)C1. The third-order valence-corrected chi connectivity index (χ3v) is 4.94. The molecule has 1 aliphatic rings. The van der Waals surface area contributed by atoms with Crippen molar-refractivity contribution >= 4 is 5.91 Å². The lowest BCUT2D eigenvalue weighted by Crippen LogP contribution is -2.37. The maximum Gasteiger partial charge on any atom is 0.345 e. The first-order valence-corrected chi connectivity index (χ1v) is 9.13. The molecule has 1 amide bonds. The normalized spacial score (nSPS) is 17.4. The van der Waals surface area contributed by atoms with Gasteiger partial charge in [0.15, 0.2) is 0 Å². The molecular formula is C20H26N4O2. The molecule has 0 bridgehead atoms. The molecule has 2 aromatic rings. The molecule has 0 aliphatic carbocycles. The van der Waals surface area contributed by atoms with Crippen LogP contribution >= 0.6 is 0 Å². The van der Waals surface area contributed by atoms with E-state index in [0.717, 1.165) is 37.3 Å². The number of nitrogens with zero attached hydrogens (tertiary/aromatic N) is 2. The van der Waals surface area contributed by atoms with Crippen LogP contribution in [0.1, 0.15) is 35.4 Å². The zero-order valence-electron chi connectivity index (χ0n) is 15.4. The molecule has 1 aromatic heterocycles. The van der Waals surface area contributed by atoms with Crippen molar-refractivity contribution in [3.63, 3.8) is 0 Å². The Morgan fingerprint density at radius 1 is 1.31 bits per heavy atom. The average Bonchev–Trinajstić information content (AvgIpc) is 3.01. The molecule has 0 saturated carbocycles. The second kappa shape index (κ2) is 8.27. The topological polar surface area (TPSA) is 78.1 Å². The van der Waals surface area contributed by atoms with E-state index in [2.05, 4.69) is 44.5 Å². The number of benzene rings is 1. The quantitative estimate of drug-likeness (QED) is 0.828. The summed E-state index contributed by atoms with van der Waals surface area (Å²) < 4.78 is 0. The van der Waals surface area contributed by atoms with Gasteiger partial charge in [0.05, 0.1) is 0 Å². The van der Waals surface area contributed by atoms with Gasteiger partial charge in [-0.3, -0.25) is 9.69 Å². The highest BCUT2D eigenvalue weighted by Gasteiger charge is 2.23. The van der Waals surface area contributed by atoms with Gasteiger partial charge in [-0.2, -0.15) is 4.98 Å². The molecule has 6 nitrogen and oxygen atoms in total. The number of carbonyl (C=O) groups is 1. The van der Waals surface area contributed by atoms with Gasteiger partial charge in [-0.25, -0.2) is 4.79 Å². The summed E-state index contributed by atoms with van der Waals surface area (Å²) in [5.41, 5.74) is 3.42. The molecule has 3 rings (SSSR count). The van der Waals surface area contributed by atoms with Crippen LogP contribution in [0.25, 0.3) is 0 Å². The second-order valence-electron chi connectivity index (χ2n) is 7.00. The Morgan fingerprint density at radius 3 is 2.81 bits per heavy atom. The van der Waals surface area contributed by atoms with E-state index >= 15 is 0 Å². The highest BCUT2D eigenvalue weighted by atomic mass is 16.1. The maximum absolute atomic E-state index is 12.3. The molecule has 1 aromatic carbocycles. The van der Waals surface area contributed by atoms with Crippen LogP contribution in [-0.4, -0.2) is 39.9 Å². The Labute approximate surface area is 153 Å². The third-order valence-electron chi connectivity index (χ3n) is 4.94. The summed E-state index contributed by atoms with van der Waals surface area (Å²) in [4.78, 5) is 32.6. The van der Waals surface area contributed by atoms with Crippen LogP contribution in [0.15, 0.2) is 35.1 Å². The van der Waals surface area contributed by atoms with Crippen LogP contribution < -0.4 is 11.0 Å². The molecule has 1 fully saturated rings. The van der Waals surface area contributed by atoms with Gasteiger partial charge in [-0.05, 0) is 37.8 Å². The largest absolute Gasteiger partial charge is 0.352 e. The molecule has 1 unspecified atom stereocenters. The minimum atomic E-state index is -0.335. The highest BCUT2D eigenvalue weighted by Crippen LogP contribution is 2.14. The van der Waals surface area contributed by atoms with E-state index in [9.17, 15) is 9.59 Å². The van der Waals surface area contributed by atoms with E-state index < -0.39 is 0 Å². The van der Waals surface area contributed by atoms with E-state index in [0.29, 0.717) is 18.5 Å². The zero-order chi connectivity index (χ0) is 18.5. The number of aryl methyl sites for hydroxylation is 2. The Balaban J connectivity index is 1.46. The molecule has 1 saturated heterocycles. The lowest BCUT2D eigenvalue weighted by molar-refractivity contribution is -0.121. The molecule has 6 heteroatoms. The number of aromatic nitrogens is 2. The number of rotatable bonds is 6. The van der Waals surface area contributed by atoms with Crippen molar-refractivity contribution in [3.8, 4) is 0 Å². The van der Waals surface area contributed by atoms with Gasteiger partial charge in [0.2, 0.25) is 5.91 Å². The molecule has 1 atom stereocenters. The van der Waals surface area contributed by atoms with Crippen LogP contribution in [0, 0.1) is 13.8 Å². The van der Waals surface area contributed by atoms with E-state index in [1.807, 2.05) is 19.9 Å². The first-order chi connectivity index (χ1) is 12.5. The van der Waals surface area contributed by atoms with Crippen LogP contribution in [0.2, 0.25) is 0 Å². The number of aromatic amines is 1. The van der Waals surface area contributed by atoms with Crippen molar-refractivity contribution in [2.75, 3.05) is 13.1 Å². The van der Waals surface area contributed by atoms with Gasteiger partial charge < -0.3 is 10.3 Å². The van der Waals surface area contributed by atoms with E-state index in [4.69, 9.17) is 0 Å².